The fraction of sp³-hybridized carbons (Fsp3) is 0.238. The van der Waals surface area contributed by atoms with Gasteiger partial charge in [-0.25, -0.2) is 15.0 Å². The predicted molar refractivity (Wildman–Crippen MR) is 109 cm³/mol. The summed E-state index contributed by atoms with van der Waals surface area (Å²) < 4.78 is 80.3. The van der Waals surface area contributed by atoms with Crippen LogP contribution in [0.15, 0.2) is 48.8 Å². The van der Waals surface area contributed by atoms with Gasteiger partial charge in [0.15, 0.2) is 5.82 Å². The molecule has 0 spiro atoms. The third-order valence-electron chi connectivity index (χ3n) is 4.71. The molecule has 0 radical (unpaired) electrons. The highest BCUT2D eigenvalue weighted by Gasteiger charge is 2.33. The Kier molecular flexibility index (Phi) is 5.46. The van der Waals surface area contributed by atoms with Crippen molar-refractivity contribution in [3.05, 3.63) is 60.2 Å². The molecular formula is C21H16F6N6. The standard InChI is InChI=1S/C21H16F6N6/c1-11(2)33-9-7-13-17(29-12-6-8-28-16(10-12)21(25,26)27)31-18(32-19(13)33)14-4-3-5-15(30-14)20(22,23)24/h3-11H,1-2H3,(H,28,29,31,32). The van der Waals surface area contributed by atoms with Crippen molar-refractivity contribution >= 4 is 22.5 Å². The van der Waals surface area contributed by atoms with Crippen LogP contribution >= 0.6 is 0 Å². The monoisotopic (exact) mass is 466 g/mol. The van der Waals surface area contributed by atoms with E-state index in [-0.39, 0.29) is 29.1 Å². The number of aromatic nitrogens is 5. The highest BCUT2D eigenvalue weighted by molar-refractivity contribution is 5.91. The molecule has 0 atom stereocenters. The van der Waals surface area contributed by atoms with Gasteiger partial charge in [-0.05, 0) is 44.2 Å². The van der Waals surface area contributed by atoms with E-state index in [1.54, 1.807) is 16.8 Å². The molecule has 0 saturated carbocycles. The fourth-order valence-corrected chi connectivity index (χ4v) is 3.18. The smallest absolute Gasteiger partial charge is 0.339 e. The average Bonchev–Trinajstić information content (AvgIpc) is 3.17. The molecule has 0 saturated heterocycles. The van der Waals surface area contributed by atoms with Crippen LogP contribution in [0, 0.1) is 0 Å². The van der Waals surface area contributed by atoms with Crippen molar-refractivity contribution in [2.45, 2.75) is 32.2 Å². The Balaban J connectivity index is 1.87. The van der Waals surface area contributed by atoms with Gasteiger partial charge >= 0.3 is 12.4 Å². The van der Waals surface area contributed by atoms with Crippen molar-refractivity contribution in [1.82, 2.24) is 24.5 Å². The van der Waals surface area contributed by atoms with Gasteiger partial charge in [-0.2, -0.15) is 26.3 Å². The third-order valence-corrected chi connectivity index (χ3v) is 4.71. The molecule has 0 aliphatic heterocycles. The van der Waals surface area contributed by atoms with Crippen molar-refractivity contribution in [3.63, 3.8) is 0 Å². The number of halogens is 6. The van der Waals surface area contributed by atoms with Gasteiger partial charge in [-0.1, -0.05) is 6.07 Å². The van der Waals surface area contributed by atoms with E-state index in [1.807, 2.05) is 13.8 Å². The minimum atomic E-state index is -4.66. The summed E-state index contributed by atoms with van der Waals surface area (Å²) >= 11 is 0. The van der Waals surface area contributed by atoms with Crippen LogP contribution in [0.4, 0.5) is 37.8 Å². The van der Waals surface area contributed by atoms with Crippen molar-refractivity contribution in [1.29, 1.82) is 0 Å². The molecule has 4 aromatic heterocycles. The van der Waals surface area contributed by atoms with Gasteiger partial charge in [0.25, 0.3) is 0 Å². The Bertz CT molecular complexity index is 1310. The molecule has 12 heteroatoms. The molecule has 4 rings (SSSR count). The molecule has 0 fully saturated rings. The summed E-state index contributed by atoms with van der Waals surface area (Å²) in [5, 5.41) is 3.29. The molecule has 1 N–H and O–H groups in total. The van der Waals surface area contributed by atoms with E-state index in [1.165, 1.54) is 18.2 Å². The number of nitrogens with zero attached hydrogens (tertiary/aromatic N) is 5. The van der Waals surface area contributed by atoms with Crippen LogP contribution in [0.5, 0.6) is 0 Å². The molecule has 0 aromatic carbocycles. The Morgan fingerprint density at radius 1 is 0.879 bits per heavy atom. The molecule has 0 aliphatic rings. The lowest BCUT2D eigenvalue weighted by molar-refractivity contribution is -0.141. The van der Waals surface area contributed by atoms with E-state index in [4.69, 9.17) is 0 Å². The molecule has 33 heavy (non-hydrogen) atoms. The summed E-state index contributed by atoms with van der Waals surface area (Å²) in [7, 11) is 0. The Hall–Kier alpha value is -3.70. The van der Waals surface area contributed by atoms with Gasteiger partial charge in [-0.15, -0.1) is 0 Å². The predicted octanol–water partition coefficient (Wildman–Crippen LogP) is 6.25. The number of rotatable bonds is 4. The number of alkyl halides is 6. The highest BCUT2D eigenvalue weighted by Crippen LogP contribution is 2.33. The Morgan fingerprint density at radius 3 is 2.27 bits per heavy atom. The summed E-state index contributed by atoms with van der Waals surface area (Å²) in [6.07, 6.45) is -6.60. The fourth-order valence-electron chi connectivity index (χ4n) is 3.18. The van der Waals surface area contributed by atoms with Crippen molar-refractivity contribution in [2.75, 3.05) is 5.32 Å². The Morgan fingerprint density at radius 2 is 1.61 bits per heavy atom. The first kappa shape index (κ1) is 22.5. The SMILES string of the molecule is CC(C)n1ccc2c(Nc3ccnc(C(F)(F)F)c3)nc(-c3cccc(C(F)(F)F)n3)nc21. The van der Waals surface area contributed by atoms with Crippen LogP contribution < -0.4 is 5.32 Å². The minimum Gasteiger partial charge on any atom is -0.339 e. The first-order valence-corrected chi connectivity index (χ1v) is 9.67. The molecular weight excluding hydrogens is 450 g/mol. The zero-order valence-corrected chi connectivity index (χ0v) is 17.2. The quantitative estimate of drug-likeness (QED) is 0.360. The van der Waals surface area contributed by atoms with E-state index in [0.29, 0.717) is 11.0 Å². The van der Waals surface area contributed by atoms with E-state index in [2.05, 4.69) is 25.3 Å². The summed E-state index contributed by atoms with van der Waals surface area (Å²) in [6.45, 7) is 3.77. The van der Waals surface area contributed by atoms with E-state index >= 15 is 0 Å². The van der Waals surface area contributed by atoms with Crippen LogP contribution in [0.1, 0.15) is 31.3 Å². The number of nitrogens with one attached hydrogen (secondary N) is 1. The first-order valence-electron chi connectivity index (χ1n) is 9.67. The lowest BCUT2D eigenvalue weighted by atomic mass is 10.2. The highest BCUT2D eigenvalue weighted by atomic mass is 19.4. The largest absolute Gasteiger partial charge is 0.433 e. The molecule has 4 heterocycles. The number of fused-ring (bicyclic) bond motifs is 1. The lowest BCUT2D eigenvalue weighted by Gasteiger charge is -2.14. The Labute approximate surface area is 183 Å². The maximum Gasteiger partial charge on any atom is 0.433 e. The third kappa shape index (κ3) is 4.59. The summed E-state index contributed by atoms with van der Waals surface area (Å²) in [5.74, 6) is 0.00902. The van der Waals surface area contributed by atoms with Gasteiger partial charge in [0.05, 0.1) is 5.39 Å². The maximum absolute atomic E-state index is 13.1. The van der Waals surface area contributed by atoms with Gasteiger partial charge in [-0.3, -0.25) is 4.98 Å². The van der Waals surface area contributed by atoms with Gasteiger partial charge in [0.1, 0.15) is 28.5 Å². The molecule has 6 nitrogen and oxygen atoms in total. The van der Waals surface area contributed by atoms with Crippen molar-refractivity contribution in [3.8, 4) is 11.5 Å². The molecule has 0 amide bonds. The molecule has 0 aliphatic carbocycles. The van der Waals surface area contributed by atoms with Gasteiger partial charge < -0.3 is 9.88 Å². The van der Waals surface area contributed by atoms with Crippen LogP contribution in [0.2, 0.25) is 0 Å². The number of anilines is 2. The van der Waals surface area contributed by atoms with E-state index in [0.717, 1.165) is 18.3 Å². The van der Waals surface area contributed by atoms with Crippen molar-refractivity contribution < 1.29 is 26.3 Å². The summed E-state index contributed by atoms with van der Waals surface area (Å²) in [4.78, 5) is 15.6. The zero-order chi connectivity index (χ0) is 24.0. The number of pyridine rings is 2. The number of hydrogen-bond donors (Lipinski definition) is 1. The average molecular weight is 466 g/mol. The van der Waals surface area contributed by atoms with Gasteiger partial charge in [0, 0.05) is 24.1 Å². The molecule has 4 aromatic rings. The van der Waals surface area contributed by atoms with Gasteiger partial charge in [0.2, 0.25) is 0 Å². The second-order valence-electron chi connectivity index (χ2n) is 7.41. The van der Waals surface area contributed by atoms with Crippen LogP contribution in [0.25, 0.3) is 22.6 Å². The molecule has 172 valence electrons. The molecule has 0 bridgehead atoms. The zero-order valence-electron chi connectivity index (χ0n) is 17.2. The first-order chi connectivity index (χ1) is 15.4. The second kappa shape index (κ2) is 8.01. The van der Waals surface area contributed by atoms with Crippen LogP contribution in [-0.2, 0) is 12.4 Å². The second-order valence-corrected chi connectivity index (χ2v) is 7.41. The van der Waals surface area contributed by atoms with E-state index < -0.39 is 23.7 Å². The van der Waals surface area contributed by atoms with Crippen LogP contribution in [0.3, 0.4) is 0 Å². The topological polar surface area (TPSA) is 68.5 Å². The normalized spacial score (nSPS) is 12.5. The van der Waals surface area contributed by atoms with E-state index in [9.17, 15) is 26.3 Å². The lowest BCUT2D eigenvalue weighted by Crippen LogP contribution is -2.10. The molecule has 0 unspecified atom stereocenters. The minimum absolute atomic E-state index is 0.0506. The van der Waals surface area contributed by atoms with Crippen molar-refractivity contribution in [2.24, 2.45) is 0 Å². The summed E-state index contributed by atoms with van der Waals surface area (Å²) in [5.41, 5.74) is -1.89. The van der Waals surface area contributed by atoms with Crippen LogP contribution in [-0.4, -0.2) is 24.5 Å². The maximum atomic E-state index is 13.1. The summed E-state index contributed by atoms with van der Waals surface area (Å²) in [6, 6.07) is 7.11. The number of hydrogen-bond acceptors (Lipinski definition) is 5.